The van der Waals surface area contributed by atoms with E-state index in [0.717, 1.165) is 0 Å². The fourth-order valence-electron chi connectivity index (χ4n) is 2.36. The summed E-state index contributed by atoms with van der Waals surface area (Å²) in [6, 6.07) is 0. The Morgan fingerprint density at radius 3 is 3.14 bits per heavy atom. The van der Waals surface area contributed by atoms with Gasteiger partial charge in [0.25, 0.3) is 5.56 Å². The number of nitrogens with zero attached hydrogens (tertiary/aromatic N) is 4. The lowest BCUT2D eigenvalue weighted by atomic mass is 10.2. The Morgan fingerprint density at radius 1 is 1.67 bits per heavy atom. The van der Waals surface area contributed by atoms with Crippen molar-refractivity contribution in [3.8, 4) is 0 Å². The van der Waals surface area contributed by atoms with E-state index in [9.17, 15) is 9.90 Å². The summed E-state index contributed by atoms with van der Waals surface area (Å²) in [4.78, 5) is 26.6. The van der Waals surface area contributed by atoms with Crippen LogP contribution in [0.4, 0.5) is 5.95 Å². The Morgan fingerprint density at radius 2 is 2.48 bits per heavy atom. The van der Waals surface area contributed by atoms with Crippen molar-refractivity contribution in [2.45, 2.75) is 31.8 Å². The molecular weight excluding hydrogens is 278 g/mol. The molecule has 0 aliphatic carbocycles. The van der Waals surface area contributed by atoms with Gasteiger partial charge in [-0.25, -0.2) is 9.98 Å². The third-order valence-corrected chi connectivity index (χ3v) is 3.37. The van der Waals surface area contributed by atoms with Crippen LogP contribution in [0.2, 0.25) is 0 Å². The number of ether oxygens (including phenoxy) is 1. The number of aromatic amines is 1. The molecule has 0 saturated carbocycles. The summed E-state index contributed by atoms with van der Waals surface area (Å²) in [6.07, 6.45) is 1.29. The zero-order valence-corrected chi connectivity index (χ0v) is 11.3. The number of aromatic nitrogens is 4. The number of rotatable bonds is 3. The first-order chi connectivity index (χ1) is 10.1. The Kier molecular flexibility index (Phi) is 3.53. The second-order valence-electron chi connectivity index (χ2n) is 4.72. The predicted molar refractivity (Wildman–Crippen MR) is 73.6 cm³/mol. The van der Waals surface area contributed by atoms with Crippen molar-refractivity contribution in [2.24, 2.45) is 4.99 Å². The van der Waals surface area contributed by atoms with Crippen molar-refractivity contribution in [3.05, 3.63) is 16.7 Å². The quantitative estimate of drug-likeness (QED) is 0.654. The van der Waals surface area contributed by atoms with Gasteiger partial charge in [0.2, 0.25) is 5.95 Å². The van der Waals surface area contributed by atoms with Gasteiger partial charge in [0.1, 0.15) is 12.3 Å². The number of fused-ring (bicyclic) bond motifs is 1. The SMILES string of the molecule is CC=Nc1nc2c(ncn2C2CC(O)C(CO)O2)c(=O)[nH]1. The molecule has 1 aliphatic heterocycles. The normalized spacial score (nSPS) is 26.1. The summed E-state index contributed by atoms with van der Waals surface area (Å²) in [5.41, 5.74) is 0.113. The standard InChI is InChI=1S/C12H15N5O4/c1-2-13-12-15-10-9(11(20)16-12)14-5-17(10)8-3-6(19)7(4-18)21-8/h2,5-8,18-19H,3-4H2,1H3,(H,15,16,20). The number of aliphatic imine (C=N–C) groups is 1. The van der Waals surface area contributed by atoms with Crippen LogP contribution >= 0.6 is 0 Å². The zero-order chi connectivity index (χ0) is 15.0. The monoisotopic (exact) mass is 293 g/mol. The third-order valence-electron chi connectivity index (χ3n) is 3.37. The van der Waals surface area contributed by atoms with E-state index in [4.69, 9.17) is 9.84 Å². The summed E-state index contributed by atoms with van der Waals surface area (Å²) in [5.74, 6) is 0.175. The Hall–Kier alpha value is -2.10. The summed E-state index contributed by atoms with van der Waals surface area (Å²) in [6.45, 7) is 1.44. The Balaban J connectivity index is 2.06. The van der Waals surface area contributed by atoms with E-state index in [-0.39, 0.29) is 24.5 Å². The highest BCUT2D eigenvalue weighted by atomic mass is 16.5. The van der Waals surface area contributed by atoms with Crippen LogP contribution in [-0.4, -0.2) is 54.8 Å². The van der Waals surface area contributed by atoms with Crippen LogP contribution in [0.1, 0.15) is 19.6 Å². The van der Waals surface area contributed by atoms with Crippen molar-refractivity contribution < 1.29 is 14.9 Å². The first kappa shape index (κ1) is 13.9. The van der Waals surface area contributed by atoms with Gasteiger partial charge in [0, 0.05) is 12.6 Å². The Bertz CT molecular complexity index is 737. The molecule has 0 radical (unpaired) electrons. The molecule has 2 aromatic rings. The molecule has 1 saturated heterocycles. The van der Waals surface area contributed by atoms with Gasteiger partial charge in [-0.3, -0.25) is 14.3 Å². The summed E-state index contributed by atoms with van der Waals surface area (Å²) >= 11 is 0. The van der Waals surface area contributed by atoms with Gasteiger partial charge >= 0.3 is 0 Å². The average molecular weight is 293 g/mol. The lowest BCUT2D eigenvalue weighted by molar-refractivity contribution is -0.0432. The molecule has 3 N–H and O–H groups in total. The number of imidazole rings is 1. The van der Waals surface area contributed by atoms with E-state index in [0.29, 0.717) is 5.65 Å². The number of aliphatic hydroxyl groups is 2. The molecule has 0 aromatic carbocycles. The maximum absolute atomic E-state index is 11.9. The van der Waals surface area contributed by atoms with E-state index < -0.39 is 24.0 Å². The van der Waals surface area contributed by atoms with Crippen molar-refractivity contribution in [1.29, 1.82) is 0 Å². The van der Waals surface area contributed by atoms with E-state index in [2.05, 4.69) is 19.9 Å². The largest absolute Gasteiger partial charge is 0.394 e. The van der Waals surface area contributed by atoms with Crippen LogP contribution in [0, 0.1) is 0 Å². The molecular formula is C12H15N5O4. The fourth-order valence-corrected chi connectivity index (χ4v) is 2.36. The predicted octanol–water partition coefficient (Wildman–Crippen LogP) is -0.518. The minimum Gasteiger partial charge on any atom is -0.394 e. The lowest BCUT2D eigenvalue weighted by Crippen LogP contribution is -2.24. The van der Waals surface area contributed by atoms with Gasteiger partial charge in [-0.15, -0.1) is 0 Å². The minimum absolute atomic E-state index is 0.175. The minimum atomic E-state index is -0.771. The summed E-state index contributed by atoms with van der Waals surface area (Å²) in [5, 5.41) is 18.9. The van der Waals surface area contributed by atoms with Gasteiger partial charge in [0.15, 0.2) is 11.2 Å². The molecule has 1 fully saturated rings. The van der Waals surface area contributed by atoms with Crippen LogP contribution in [0.25, 0.3) is 11.2 Å². The van der Waals surface area contributed by atoms with Gasteiger partial charge in [-0.05, 0) is 6.92 Å². The van der Waals surface area contributed by atoms with E-state index in [1.54, 1.807) is 11.5 Å². The van der Waals surface area contributed by atoms with Gasteiger partial charge < -0.3 is 14.9 Å². The molecule has 3 rings (SSSR count). The maximum Gasteiger partial charge on any atom is 0.280 e. The fraction of sp³-hybridized carbons (Fsp3) is 0.500. The molecule has 0 bridgehead atoms. The highest BCUT2D eigenvalue weighted by molar-refractivity contribution is 5.71. The second-order valence-corrected chi connectivity index (χ2v) is 4.72. The topological polar surface area (TPSA) is 126 Å². The molecule has 3 unspecified atom stereocenters. The third kappa shape index (κ3) is 2.35. The van der Waals surface area contributed by atoms with Crippen molar-refractivity contribution in [2.75, 3.05) is 6.61 Å². The molecule has 21 heavy (non-hydrogen) atoms. The lowest BCUT2D eigenvalue weighted by Gasteiger charge is -2.13. The summed E-state index contributed by atoms with van der Waals surface area (Å²) < 4.78 is 7.11. The molecule has 1 aliphatic rings. The molecule has 3 heterocycles. The number of H-pyrrole nitrogens is 1. The average Bonchev–Trinajstić information content (AvgIpc) is 3.02. The van der Waals surface area contributed by atoms with E-state index in [1.807, 2.05) is 0 Å². The number of aliphatic hydroxyl groups excluding tert-OH is 2. The van der Waals surface area contributed by atoms with E-state index >= 15 is 0 Å². The van der Waals surface area contributed by atoms with Crippen molar-refractivity contribution >= 4 is 23.3 Å². The molecule has 2 aromatic heterocycles. The smallest absolute Gasteiger partial charge is 0.280 e. The second kappa shape index (κ2) is 5.35. The van der Waals surface area contributed by atoms with Gasteiger partial charge in [-0.2, -0.15) is 4.98 Å². The van der Waals surface area contributed by atoms with Crippen LogP contribution in [0.15, 0.2) is 16.1 Å². The first-order valence-electron chi connectivity index (χ1n) is 6.54. The van der Waals surface area contributed by atoms with Crippen LogP contribution < -0.4 is 5.56 Å². The van der Waals surface area contributed by atoms with Gasteiger partial charge in [0.05, 0.1) is 19.0 Å². The molecule has 112 valence electrons. The molecule has 9 nitrogen and oxygen atoms in total. The van der Waals surface area contributed by atoms with Crippen molar-refractivity contribution in [1.82, 2.24) is 19.5 Å². The molecule has 0 amide bonds. The van der Waals surface area contributed by atoms with Gasteiger partial charge in [-0.1, -0.05) is 0 Å². The molecule has 3 atom stereocenters. The highest BCUT2D eigenvalue weighted by Crippen LogP contribution is 2.30. The Labute approximate surface area is 118 Å². The van der Waals surface area contributed by atoms with E-state index in [1.165, 1.54) is 12.5 Å². The number of nitrogens with one attached hydrogen (secondary N) is 1. The maximum atomic E-state index is 11.9. The number of hydrogen-bond acceptors (Lipinski definition) is 7. The molecule has 9 heteroatoms. The van der Waals surface area contributed by atoms with Crippen LogP contribution in [0.5, 0.6) is 0 Å². The van der Waals surface area contributed by atoms with Crippen LogP contribution in [-0.2, 0) is 4.74 Å². The molecule has 0 spiro atoms. The number of hydrogen-bond donors (Lipinski definition) is 3. The first-order valence-corrected chi connectivity index (χ1v) is 6.54. The highest BCUT2D eigenvalue weighted by Gasteiger charge is 2.35. The van der Waals surface area contributed by atoms with Crippen LogP contribution in [0.3, 0.4) is 0 Å². The zero-order valence-electron chi connectivity index (χ0n) is 11.3. The summed E-state index contributed by atoms with van der Waals surface area (Å²) in [7, 11) is 0. The van der Waals surface area contributed by atoms with Crippen molar-refractivity contribution in [3.63, 3.8) is 0 Å².